The van der Waals surface area contributed by atoms with Gasteiger partial charge in [-0.25, -0.2) is 4.79 Å². The van der Waals surface area contributed by atoms with Crippen molar-refractivity contribution in [2.45, 2.75) is 32.0 Å². The van der Waals surface area contributed by atoms with Crippen molar-refractivity contribution < 1.29 is 14.6 Å². The lowest BCUT2D eigenvalue weighted by atomic mass is 9.69. The number of hydrogen-bond donors (Lipinski definition) is 1. The highest BCUT2D eigenvalue weighted by molar-refractivity contribution is 5.89. The molecule has 0 amide bonds. The number of ether oxygens (including phenoxy) is 1. The lowest BCUT2D eigenvalue weighted by molar-refractivity contribution is -0.157. The Kier molecular flexibility index (Phi) is 2.72. The van der Waals surface area contributed by atoms with Gasteiger partial charge in [0, 0.05) is 12.3 Å². The molecular formula is C13H16O3. The van der Waals surface area contributed by atoms with Gasteiger partial charge in [0.05, 0.1) is 11.2 Å². The van der Waals surface area contributed by atoms with Crippen LogP contribution in [0.3, 0.4) is 0 Å². The van der Waals surface area contributed by atoms with Gasteiger partial charge < -0.3 is 9.84 Å². The van der Waals surface area contributed by atoms with Crippen molar-refractivity contribution >= 4 is 5.97 Å². The summed E-state index contributed by atoms with van der Waals surface area (Å²) in [5.41, 5.74) is -0.136. The molecule has 1 fully saturated rings. The quantitative estimate of drug-likeness (QED) is 0.775. The van der Waals surface area contributed by atoms with Gasteiger partial charge in [0.25, 0.3) is 0 Å². The monoisotopic (exact) mass is 220 g/mol. The molecule has 1 saturated carbocycles. The second-order valence-corrected chi connectivity index (χ2v) is 4.66. The second-order valence-electron chi connectivity index (χ2n) is 4.66. The second kappa shape index (κ2) is 3.91. The highest BCUT2D eigenvalue weighted by Crippen LogP contribution is 2.40. The molecule has 86 valence electrons. The summed E-state index contributed by atoms with van der Waals surface area (Å²) in [6.45, 7) is 3.66. The molecular weight excluding hydrogens is 204 g/mol. The van der Waals surface area contributed by atoms with E-state index in [4.69, 9.17) is 4.74 Å². The normalized spacial score (nSPS) is 32.9. The molecule has 0 spiro atoms. The van der Waals surface area contributed by atoms with E-state index in [2.05, 4.69) is 0 Å². The first-order chi connectivity index (χ1) is 7.50. The van der Waals surface area contributed by atoms with Crippen molar-refractivity contribution in [2.24, 2.45) is 5.92 Å². The molecule has 0 radical (unpaired) electrons. The Labute approximate surface area is 95.0 Å². The molecule has 0 heterocycles. The first-order valence-corrected chi connectivity index (χ1v) is 5.49. The SMILES string of the molecule is C[C@H]1[C@@H](OC(=O)c2ccccc2)C[C@@]1(C)O. The fraction of sp³-hybridized carbons (Fsp3) is 0.462. The van der Waals surface area contributed by atoms with Crippen LogP contribution in [0, 0.1) is 5.92 Å². The molecule has 0 bridgehead atoms. The molecule has 16 heavy (non-hydrogen) atoms. The fourth-order valence-corrected chi connectivity index (χ4v) is 1.93. The van der Waals surface area contributed by atoms with Crippen molar-refractivity contribution in [1.29, 1.82) is 0 Å². The Morgan fingerprint density at radius 2 is 2.06 bits per heavy atom. The Bertz CT molecular complexity index is 383. The van der Waals surface area contributed by atoms with Crippen LogP contribution in [0.4, 0.5) is 0 Å². The van der Waals surface area contributed by atoms with E-state index in [1.807, 2.05) is 13.0 Å². The fourth-order valence-electron chi connectivity index (χ4n) is 1.93. The summed E-state index contributed by atoms with van der Waals surface area (Å²) in [5.74, 6) is -0.312. The first-order valence-electron chi connectivity index (χ1n) is 5.49. The Morgan fingerprint density at radius 3 is 2.56 bits per heavy atom. The lowest BCUT2D eigenvalue weighted by Gasteiger charge is -2.46. The van der Waals surface area contributed by atoms with Gasteiger partial charge in [-0.05, 0) is 19.1 Å². The third-order valence-electron chi connectivity index (χ3n) is 3.42. The highest BCUT2D eigenvalue weighted by Gasteiger charge is 2.48. The van der Waals surface area contributed by atoms with Gasteiger partial charge >= 0.3 is 5.97 Å². The van der Waals surface area contributed by atoms with Crippen LogP contribution in [0.2, 0.25) is 0 Å². The van der Waals surface area contributed by atoms with Crippen LogP contribution in [0.1, 0.15) is 30.6 Å². The molecule has 1 aliphatic rings. The minimum atomic E-state index is -0.693. The number of hydrogen-bond acceptors (Lipinski definition) is 3. The molecule has 3 heteroatoms. The molecule has 3 atom stereocenters. The maximum absolute atomic E-state index is 11.7. The molecule has 0 aromatic heterocycles. The first kappa shape index (κ1) is 11.1. The molecule has 0 unspecified atom stereocenters. The van der Waals surface area contributed by atoms with E-state index in [1.165, 1.54) is 0 Å². The van der Waals surface area contributed by atoms with Gasteiger partial charge in [0.1, 0.15) is 6.10 Å². The highest BCUT2D eigenvalue weighted by atomic mass is 16.5. The summed E-state index contributed by atoms with van der Waals surface area (Å²) < 4.78 is 5.32. The Morgan fingerprint density at radius 1 is 1.44 bits per heavy atom. The van der Waals surface area contributed by atoms with Crippen molar-refractivity contribution in [1.82, 2.24) is 0 Å². The van der Waals surface area contributed by atoms with Crippen LogP contribution in [-0.4, -0.2) is 22.8 Å². The summed E-state index contributed by atoms with van der Waals surface area (Å²) >= 11 is 0. The van der Waals surface area contributed by atoms with Crippen molar-refractivity contribution in [3.05, 3.63) is 35.9 Å². The third-order valence-corrected chi connectivity index (χ3v) is 3.42. The minimum absolute atomic E-state index is 0.000150. The third kappa shape index (κ3) is 1.95. The van der Waals surface area contributed by atoms with E-state index in [9.17, 15) is 9.90 Å². The van der Waals surface area contributed by atoms with E-state index in [1.54, 1.807) is 31.2 Å². The average molecular weight is 220 g/mol. The van der Waals surface area contributed by atoms with Gasteiger partial charge in [-0.1, -0.05) is 25.1 Å². The molecule has 0 aliphatic heterocycles. The predicted molar refractivity (Wildman–Crippen MR) is 60.1 cm³/mol. The smallest absolute Gasteiger partial charge is 0.338 e. The maximum Gasteiger partial charge on any atom is 0.338 e. The largest absolute Gasteiger partial charge is 0.458 e. The van der Waals surface area contributed by atoms with E-state index < -0.39 is 5.60 Å². The number of rotatable bonds is 2. The number of aliphatic hydroxyl groups is 1. The maximum atomic E-state index is 11.7. The van der Waals surface area contributed by atoms with E-state index in [0.717, 1.165) is 0 Å². The van der Waals surface area contributed by atoms with E-state index in [0.29, 0.717) is 12.0 Å². The van der Waals surface area contributed by atoms with Crippen LogP contribution in [0.15, 0.2) is 30.3 Å². The van der Waals surface area contributed by atoms with Crippen molar-refractivity contribution in [2.75, 3.05) is 0 Å². The number of carbonyl (C=O) groups is 1. The summed E-state index contributed by atoms with van der Waals surface area (Å²) in [6.07, 6.45) is 0.356. The van der Waals surface area contributed by atoms with Gasteiger partial charge in [0.15, 0.2) is 0 Å². The molecule has 3 nitrogen and oxygen atoms in total. The van der Waals surface area contributed by atoms with Crippen molar-refractivity contribution in [3.8, 4) is 0 Å². The molecule has 2 rings (SSSR count). The zero-order valence-electron chi connectivity index (χ0n) is 9.51. The Hall–Kier alpha value is -1.35. The molecule has 1 aromatic rings. The zero-order valence-corrected chi connectivity index (χ0v) is 9.51. The van der Waals surface area contributed by atoms with Crippen molar-refractivity contribution in [3.63, 3.8) is 0 Å². The van der Waals surface area contributed by atoms with E-state index >= 15 is 0 Å². The van der Waals surface area contributed by atoms with Gasteiger partial charge in [-0.3, -0.25) is 0 Å². The zero-order chi connectivity index (χ0) is 11.8. The summed E-state index contributed by atoms with van der Waals surface area (Å²) in [6, 6.07) is 8.91. The van der Waals surface area contributed by atoms with Crippen LogP contribution in [-0.2, 0) is 4.74 Å². The lowest BCUT2D eigenvalue weighted by Crippen LogP contribution is -2.55. The van der Waals surface area contributed by atoms with Gasteiger partial charge in [0.2, 0.25) is 0 Å². The molecule has 1 aliphatic carbocycles. The van der Waals surface area contributed by atoms with Crippen LogP contribution >= 0.6 is 0 Å². The minimum Gasteiger partial charge on any atom is -0.458 e. The van der Waals surface area contributed by atoms with Gasteiger partial charge in [-0.15, -0.1) is 0 Å². The standard InChI is InChI=1S/C13H16O3/c1-9-11(8-13(9,2)15)16-12(14)10-6-4-3-5-7-10/h3-7,9,11,15H,8H2,1-2H3/t9-,11-,13+/m0/s1. The van der Waals surface area contributed by atoms with Crippen LogP contribution in [0.25, 0.3) is 0 Å². The number of carbonyl (C=O) groups excluding carboxylic acids is 1. The van der Waals surface area contributed by atoms with Gasteiger partial charge in [-0.2, -0.15) is 0 Å². The average Bonchev–Trinajstić information content (AvgIpc) is 2.29. The van der Waals surface area contributed by atoms with Crippen LogP contribution < -0.4 is 0 Å². The van der Waals surface area contributed by atoms with E-state index in [-0.39, 0.29) is 18.0 Å². The van der Waals surface area contributed by atoms with Crippen LogP contribution in [0.5, 0.6) is 0 Å². The topological polar surface area (TPSA) is 46.5 Å². The molecule has 1 N–H and O–H groups in total. The Balaban J connectivity index is 1.95. The summed E-state index contributed by atoms with van der Waals surface area (Å²) in [7, 11) is 0. The summed E-state index contributed by atoms with van der Waals surface area (Å²) in [5, 5.41) is 9.74. The summed E-state index contributed by atoms with van der Waals surface area (Å²) in [4.78, 5) is 11.7. The molecule has 0 saturated heterocycles. The number of benzene rings is 1. The molecule has 1 aromatic carbocycles. The number of esters is 1. The predicted octanol–water partition coefficient (Wildman–Crippen LogP) is 2.00.